The van der Waals surface area contributed by atoms with E-state index in [1.165, 1.54) is 0 Å². The summed E-state index contributed by atoms with van der Waals surface area (Å²) in [5.41, 5.74) is 0. The lowest BCUT2D eigenvalue weighted by molar-refractivity contribution is -0.129. The van der Waals surface area contributed by atoms with E-state index in [1.807, 2.05) is 13.8 Å². The quantitative estimate of drug-likeness (QED) is 0.619. The minimum absolute atomic E-state index is 0.00926. The fourth-order valence-electron chi connectivity index (χ4n) is 1.17. The third-order valence-corrected chi connectivity index (χ3v) is 2.23. The summed E-state index contributed by atoms with van der Waals surface area (Å²) in [4.78, 5) is 11.4. The maximum atomic E-state index is 11.4. The predicted octanol–water partition coefficient (Wildman–Crippen LogP) is 0.593. The van der Waals surface area contributed by atoms with E-state index in [0.29, 0.717) is 12.8 Å². The lowest BCUT2D eigenvalue weighted by Gasteiger charge is -2.16. The molecule has 0 fully saturated rings. The maximum absolute atomic E-state index is 11.4. The van der Waals surface area contributed by atoms with E-state index in [2.05, 4.69) is 0 Å². The lowest BCUT2D eigenvalue weighted by Crippen LogP contribution is -2.27. The largest absolute Gasteiger partial charge is 0.396 e. The summed E-state index contributed by atoms with van der Waals surface area (Å²) in [6.07, 6.45) is 1.29. The second kappa shape index (κ2) is 6.14. The fourth-order valence-corrected chi connectivity index (χ4v) is 1.17. The van der Waals surface area contributed by atoms with Crippen molar-refractivity contribution in [1.82, 2.24) is 0 Å². The van der Waals surface area contributed by atoms with Crippen LogP contribution in [0, 0.1) is 11.8 Å². The molecule has 12 heavy (non-hydrogen) atoms. The van der Waals surface area contributed by atoms with Crippen LogP contribution in [-0.4, -0.2) is 29.2 Å². The van der Waals surface area contributed by atoms with Gasteiger partial charge in [-0.3, -0.25) is 4.79 Å². The zero-order valence-corrected chi connectivity index (χ0v) is 7.79. The summed E-state index contributed by atoms with van der Waals surface area (Å²) in [5.74, 6) is -0.589. The number of Topliss-reactive ketones (excluding diaryl/α,β-unsaturated/α-hetero) is 1. The Hall–Kier alpha value is -0.410. The third-order valence-electron chi connectivity index (χ3n) is 2.23. The summed E-state index contributed by atoms with van der Waals surface area (Å²) >= 11 is 0. The number of hydrogen-bond acceptors (Lipinski definition) is 3. The van der Waals surface area contributed by atoms with E-state index in [4.69, 9.17) is 10.2 Å². The van der Waals surface area contributed by atoms with Gasteiger partial charge >= 0.3 is 0 Å². The van der Waals surface area contributed by atoms with Crippen LogP contribution in [0.25, 0.3) is 0 Å². The lowest BCUT2D eigenvalue weighted by atomic mass is 9.90. The van der Waals surface area contributed by atoms with Crippen LogP contribution in [0.5, 0.6) is 0 Å². The van der Waals surface area contributed by atoms with Gasteiger partial charge in [-0.1, -0.05) is 13.8 Å². The van der Waals surface area contributed by atoms with E-state index in [1.54, 1.807) is 0 Å². The Bertz CT molecular complexity index is 112. The molecule has 2 atom stereocenters. The fraction of sp³-hybridized carbons (Fsp3) is 0.889. The highest BCUT2D eigenvalue weighted by Gasteiger charge is 2.22. The highest BCUT2D eigenvalue weighted by atomic mass is 16.3. The predicted molar refractivity (Wildman–Crippen MR) is 46.7 cm³/mol. The standard InChI is InChI=1S/C9H18O3/c1-3-7(5-10)9(12)8(4-2)6-11/h7-8,10-11H,3-6H2,1-2H3. The highest BCUT2D eigenvalue weighted by Crippen LogP contribution is 2.13. The molecule has 0 aromatic heterocycles. The van der Waals surface area contributed by atoms with E-state index in [9.17, 15) is 4.79 Å². The Morgan fingerprint density at radius 2 is 1.42 bits per heavy atom. The summed E-state index contributed by atoms with van der Waals surface area (Å²) in [6.45, 7) is 3.52. The Labute approximate surface area is 73.4 Å². The number of ketones is 1. The molecule has 0 aliphatic heterocycles. The van der Waals surface area contributed by atoms with Gasteiger partial charge in [0.15, 0.2) is 0 Å². The van der Waals surface area contributed by atoms with Gasteiger partial charge in [-0.2, -0.15) is 0 Å². The molecule has 2 unspecified atom stereocenters. The van der Waals surface area contributed by atoms with Crippen molar-refractivity contribution in [3.8, 4) is 0 Å². The minimum Gasteiger partial charge on any atom is -0.396 e. The first-order valence-electron chi connectivity index (χ1n) is 4.46. The van der Waals surface area contributed by atoms with Crippen LogP contribution < -0.4 is 0 Å². The van der Waals surface area contributed by atoms with Crippen molar-refractivity contribution in [2.45, 2.75) is 26.7 Å². The van der Waals surface area contributed by atoms with E-state index >= 15 is 0 Å². The molecule has 0 aliphatic carbocycles. The first-order valence-corrected chi connectivity index (χ1v) is 4.46. The van der Waals surface area contributed by atoms with Crippen molar-refractivity contribution in [2.75, 3.05) is 13.2 Å². The molecule has 0 aromatic rings. The number of aliphatic hydroxyl groups excluding tert-OH is 2. The van der Waals surface area contributed by atoms with Gasteiger partial charge in [-0.05, 0) is 12.8 Å². The third kappa shape index (κ3) is 2.91. The molecular weight excluding hydrogens is 156 g/mol. The van der Waals surface area contributed by atoms with Crippen LogP contribution in [0.2, 0.25) is 0 Å². The molecule has 0 aromatic carbocycles. The Morgan fingerprint density at radius 1 is 1.08 bits per heavy atom. The van der Waals surface area contributed by atoms with Gasteiger partial charge < -0.3 is 10.2 Å². The number of rotatable bonds is 6. The van der Waals surface area contributed by atoms with Crippen molar-refractivity contribution < 1.29 is 15.0 Å². The number of aliphatic hydroxyl groups is 2. The van der Waals surface area contributed by atoms with Gasteiger partial charge in [0.05, 0.1) is 13.2 Å². The van der Waals surface area contributed by atoms with Crippen LogP contribution in [0.1, 0.15) is 26.7 Å². The van der Waals surface area contributed by atoms with Crippen molar-refractivity contribution in [3.63, 3.8) is 0 Å². The molecule has 0 saturated carbocycles. The SMILES string of the molecule is CCC(CO)C(=O)C(CC)CO. The zero-order chi connectivity index (χ0) is 9.56. The highest BCUT2D eigenvalue weighted by molar-refractivity contribution is 5.83. The van der Waals surface area contributed by atoms with Gasteiger partial charge in [0, 0.05) is 11.8 Å². The van der Waals surface area contributed by atoms with Crippen molar-refractivity contribution in [3.05, 3.63) is 0 Å². The summed E-state index contributed by atoms with van der Waals surface area (Å²) < 4.78 is 0. The van der Waals surface area contributed by atoms with Crippen LogP contribution in [0.3, 0.4) is 0 Å². The summed E-state index contributed by atoms with van der Waals surface area (Å²) in [5, 5.41) is 17.7. The van der Waals surface area contributed by atoms with E-state index < -0.39 is 0 Å². The smallest absolute Gasteiger partial charge is 0.143 e. The monoisotopic (exact) mass is 174 g/mol. The molecule has 3 heteroatoms. The zero-order valence-electron chi connectivity index (χ0n) is 7.79. The molecular formula is C9H18O3. The molecule has 0 aliphatic rings. The van der Waals surface area contributed by atoms with Gasteiger partial charge in [-0.25, -0.2) is 0 Å². The Balaban J connectivity index is 4.12. The van der Waals surface area contributed by atoms with Crippen LogP contribution >= 0.6 is 0 Å². The molecule has 2 N–H and O–H groups in total. The molecule has 3 nitrogen and oxygen atoms in total. The average Bonchev–Trinajstić information content (AvgIpc) is 2.09. The van der Waals surface area contributed by atoms with Gasteiger partial charge in [0.25, 0.3) is 0 Å². The topological polar surface area (TPSA) is 57.5 Å². The van der Waals surface area contributed by atoms with Crippen LogP contribution in [0.15, 0.2) is 0 Å². The van der Waals surface area contributed by atoms with Gasteiger partial charge in [-0.15, -0.1) is 0 Å². The molecule has 0 spiro atoms. The van der Waals surface area contributed by atoms with Gasteiger partial charge in [0.2, 0.25) is 0 Å². The second-order valence-electron chi connectivity index (χ2n) is 2.98. The van der Waals surface area contributed by atoms with Gasteiger partial charge in [0.1, 0.15) is 5.78 Å². The van der Waals surface area contributed by atoms with Crippen molar-refractivity contribution in [1.29, 1.82) is 0 Å². The second-order valence-corrected chi connectivity index (χ2v) is 2.98. The molecule has 0 radical (unpaired) electrons. The Kier molecular flexibility index (Phi) is 5.93. The number of carbonyl (C=O) groups is 1. The normalized spacial score (nSPS) is 15.7. The average molecular weight is 174 g/mol. The number of hydrogen-bond donors (Lipinski definition) is 2. The molecule has 0 heterocycles. The Morgan fingerprint density at radius 3 is 1.58 bits per heavy atom. The van der Waals surface area contributed by atoms with Crippen molar-refractivity contribution in [2.24, 2.45) is 11.8 Å². The van der Waals surface area contributed by atoms with E-state index in [0.717, 1.165) is 0 Å². The molecule has 0 bridgehead atoms. The van der Waals surface area contributed by atoms with Crippen LogP contribution in [0.4, 0.5) is 0 Å². The first kappa shape index (κ1) is 11.6. The minimum atomic E-state index is -0.290. The van der Waals surface area contributed by atoms with E-state index in [-0.39, 0.29) is 30.8 Å². The van der Waals surface area contributed by atoms with Crippen molar-refractivity contribution >= 4 is 5.78 Å². The molecule has 0 amide bonds. The number of carbonyl (C=O) groups excluding carboxylic acids is 1. The first-order chi connectivity index (χ1) is 5.71. The summed E-state index contributed by atoms with van der Waals surface area (Å²) in [7, 11) is 0. The summed E-state index contributed by atoms with van der Waals surface area (Å²) in [6, 6.07) is 0. The maximum Gasteiger partial charge on any atom is 0.143 e. The molecule has 0 rings (SSSR count). The molecule has 0 saturated heterocycles. The van der Waals surface area contributed by atoms with Crippen LogP contribution in [-0.2, 0) is 4.79 Å². The molecule has 72 valence electrons.